The summed E-state index contributed by atoms with van der Waals surface area (Å²) in [5.74, 6) is 2.64. The molecule has 0 amide bonds. The summed E-state index contributed by atoms with van der Waals surface area (Å²) in [7, 11) is 0.772. The summed E-state index contributed by atoms with van der Waals surface area (Å²) in [6.45, 7) is 0. The number of aromatic nitrogens is 4. The Morgan fingerprint density at radius 1 is 1.03 bits per heavy atom. The van der Waals surface area contributed by atoms with Gasteiger partial charge in [0.05, 0.1) is 12.5 Å². The third-order valence-electron chi connectivity index (χ3n) is 5.96. The van der Waals surface area contributed by atoms with E-state index in [1.807, 2.05) is 49.5 Å². The van der Waals surface area contributed by atoms with Gasteiger partial charge in [-0.2, -0.15) is 0 Å². The number of rotatable bonds is 4. The standard InChI is InChI=1S/C27H21ClN4O2S/c1-4-18-6-5-7-19(12-18)23-14-25(33)32(3)27-24(23)13-22(15-30-27)35(34,26-16-29-17-31(26)2)21-10-8-20(28)9-11-21/h1,5-17,34H,2-3H3. The van der Waals surface area contributed by atoms with Crippen LogP contribution in [0.2, 0.25) is 5.02 Å². The molecule has 0 saturated carbocycles. The first-order valence-electron chi connectivity index (χ1n) is 10.7. The van der Waals surface area contributed by atoms with Crippen molar-refractivity contribution >= 4 is 32.9 Å². The number of halogens is 1. The fourth-order valence-electron chi connectivity index (χ4n) is 4.12. The van der Waals surface area contributed by atoms with E-state index in [4.69, 9.17) is 18.0 Å². The highest BCUT2D eigenvalue weighted by atomic mass is 35.5. The number of fused-ring (bicyclic) bond motifs is 1. The van der Waals surface area contributed by atoms with Crippen LogP contribution in [0.5, 0.6) is 0 Å². The highest BCUT2D eigenvalue weighted by molar-refractivity contribution is 8.29. The van der Waals surface area contributed by atoms with Crippen LogP contribution in [0.4, 0.5) is 0 Å². The zero-order valence-electron chi connectivity index (χ0n) is 19.0. The molecule has 35 heavy (non-hydrogen) atoms. The number of hydrogen-bond acceptors (Lipinski definition) is 4. The molecule has 0 fully saturated rings. The third kappa shape index (κ3) is 3.82. The molecule has 0 bridgehead atoms. The van der Waals surface area contributed by atoms with Crippen molar-refractivity contribution in [1.82, 2.24) is 19.1 Å². The van der Waals surface area contributed by atoms with Crippen LogP contribution in [0.15, 0.2) is 99.0 Å². The lowest BCUT2D eigenvalue weighted by Gasteiger charge is -2.34. The summed E-state index contributed by atoms with van der Waals surface area (Å²) in [5.41, 5.74) is 2.51. The number of imidazole rings is 1. The van der Waals surface area contributed by atoms with Gasteiger partial charge < -0.3 is 9.12 Å². The maximum Gasteiger partial charge on any atom is 0.252 e. The van der Waals surface area contributed by atoms with Crippen molar-refractivity contribution in [2.45, 2.75) is 14.8 Å². The van der Waals surface area contributed by atoms with Crippen LogP contribution in [0, 0.1) is 12.3 Å². The molecule has 0 saturated heterocycles. The van der Waals surface area contributed by atoms with Gasteiger partial charge in [-0.25, -0.2) is 9.97 Å². The van der Waals surface area contributed by atoms with Crippen molar-refractivity contribution in [3.05, 3.63) is 100 Å². The van der Waals surface area contributed by atoms with E-state index in [0.29, 0.717) is 36.6 Å². The molecular weight excluding hydrogens is 480 g/mol. The van der Waals surface area contributed by atoms with Crippen LogP contribution >= 0.6 is 21.9 Å². The van der Waals surface area contributed by atoms with E-state index >= 15 is 0 Å². The fraction of sp³-hybridized carbons (Fsp3) is 0.0741. The Balaban J connectivity index is 1.84. The van der Waals surface area contributed by atoms with Gasteiger partial charge in [-0.1, -0.05) is 29.7 Å². The Kier molecular flexibility index (Phi) is 5.73. The molecule has 0 radical (unpaired) electrons. The zero-order valence-corrected chi connectivity index (χ0v) is 20.6. The minimum Gasteiger partial charge on any atom is -0.337 e. The number of benzene rings is 2. The van der Waals surface area contributed by atoms with Crippen LogP contribution in [0.3, 0.4) is 0 Å². The van der Waals surface area contributed by atoms with Crippen molar-refractivity contribution in [2.75, 3.05) is 0 Å². The second-order valence-corrected chi connectivity index (χ2v) is 11.1. The van der Waals surface area contributed by atoms with Gasteiger partial charge in [-0.05, 0) is 63.9 Å². The average Bonchev–Trinajstić information content (AvgIpc) is 3.32. The molecule has 1 unspecified atom stereocenters. The molecule has 5 rings (SSSR count). The van der Waals surface area contributed by atoms with Crippen molar-refractivity contribution < 1.29 is 4.55 Å². The first-order valence-corrected chi connectivity index (χ1v) is 12.6. The highest BCUT2D eigenvalue weighted by Gasteiger charge is 2.32. The molecule has 5 aromatic rings. The minimum atomic E-state index is -2.75. The van der Waals surface area contributed by atoms with E-state index in [1.54, 1.807) is 48.5 Å². The van der Waals surface area contributed by atoms with Crippen molar-refractivity contribution in [3.8, 4) is 23.5 Å². The van der Waals surface area contributed by atoms with E-state index in [2.05, 4.69) is 15.9 Å². The van der Waals surface area contributed by atoms with Gasteiger partial charge in [0.1, 0.15) is 10.7 Å². The minimum absolute atomic E-state index is 0.189. The molecule has 174 valence electrons. The second kappa shape index (κ2) is 8.75. The van der Waals surface area contributed by atoms with Crippen molar-refractivity contribution in [3.63, 3.8) is 0 Å². The maximum absolute atomic E-state index is 12.8. The average molecular weight is 501 g/mol. The van der Waals surface area contributed by atoms with Gasteiger partial charge in [0, 0.05) is 52.1 Å². The van der Waals surface area contributed by atoms with E-state index in [-0.39, 0.29) is 5.56 Å². The summed E-state index contributed by atoms with van der Waals surface area (Å²) < 4.78 is 15.6. The second-order valence-electron chi connectivity index (χ2n) is 8.10. The monoisotopic (exact) mass is 500 g/mol. The maximum atomic E-state index is 12.8. The molecular formula is C27H21ClN4O2S. The summed E-state index contributed by atoms with van der Waals surface area (Å²) in [6, 6.07) is 18.1. The summed E-state index contributed by atoms with van der Waals surface area (Å²) in [4.78, 5) is 22.9. The normalized spacial score (nSPS) is 13.8. The van der Waals surface area contributed by atoms with Crippen LogP contribution in [0.1, 0.15) is 5.56 Å². The summed E-state index contributed by atoms with van der Waals surface area (Å²) in [5, 5.41) is 1.94. The Morgan fingerprint density at radius 3 is 2.49 bits per heavy atom. The SMILES string of the molecule is C#Cc1cccc(-c2cc(=O)n(C)c3ncc(S(O)(c4ccc(Cl)cc4)c4cncn4C)cc23)c1. The van der Waals surface area contributed by atoms with Gasteiger partial charge in [-0.15, -0.1) is 6.42 Å². The smallest absolute Gasteiger partial charge is 0.252 e. The number of hydrogen-bond donors (Lipinski definition) is 1. The number of pyridine rings is 2. The molecule has 1 N–H and O–H groups in total. The Labute approximate surface area is 209 Å². The predicted molar refractivity (Wildman–Crippen MR) is 140 cm³/mol. The third-order valence-corrected chi connectivity index (χ3v) is 9.07. The molecule has 0 aliphatic rings. The molecule has 3 heterocycles. The van der Waals surface area contributed by atoms with Gasteiger partial charge in [0.25, 0.3) is 5.56 Å². The Morgan fingerprint density at radius 2 is 1.80 bits per heavy atom. The van der Waals surface area contributed by atoms with Crippen molar-refractivity contribution in [1.29, 1.82) is 0 Å². The molecule has 2 aromatic carbocycles. The predicted octanol–water partition coefficient (Wildman–Crippen LogP) is 5.72. The fourth-order valence-corrected chi connectivity index (χ4v) is 6.70. The largest absolute Gasteiger partial charge is 0.337 e. The van der Waals surface area contributed by atoms with Gasteiger partial charge in [0.2, 0.25) is 0 Å². The lowest BCUT2D eigenvalue weighted by Crippen LogP contribution is -2.17. The summed E-state index contributed by atoms with van der Waals surface area (Å²) in [6.07, 6.45) is 10.5. The zero-order chi connectivity index (χ0) is 24.7. The van der Waals surface area contributed by atoms with Crippen molar-refractivity contribution in [2.24, 2.45) is 14.1 Å². The number of aryl methyl sites for hydroxylation is 2. The van der Waals surface area contributed by atoms with E-state index in [1.165, 1.54) is 4.57 Å². The van der Waals surface area contributed by atoms with Gasteiger partial charge in [-0.3, -0.25) is 9.36 Å². The Bertz CT molecular complexity index is 1680. The van der Waals surface area contributed by atoms with Gasteiger partial charge in [0.15, 0.2) is 0 Å². The molecule has 0 spiro atoms. The molecule has 0 aliphatic heterocycles. The van der Waals surface area contributed by atoms with E-state index in [9.17, 15) is 9.35 Å². The van der Waals surface area contributed by atoms with E-state index < -0.39 is 10.3 Å². The quantitative estimate of drug-likeness (QED) is 0.320. The van der Waals surface area contributed by atoms with Crippen LogP contribution < -0.4 is 5.56 Å². The first-order chi connectivity index (χ1) is 16.8. The van der Waals surface area contributed by atoms with Crippen LogP contribution in [-0.4, -0.2) is 23.7 Å². The summed E-state index contributed by atoms with van der Waals surface area (Å²) >= 11 is 6.14. The Hall–Kier alpha value is -3.83. The van der Waals surface area contributed by atoms with E-state index in [0.717, 1.165) is 10.9 Å². The molecule has 0 aliphatic carbocycles. The van der Waals surface area contributed by atoms with Crippen LogP contribution in [0.25, 0.3) is 22.2 Å². The molecule has 1 atom stereocenters. The number of terminal acetylenes is 1. The molecule has 6 nitrogen and oxygen atoms in total. The number of nitrogens with zero attached hydrogens (tertiary/aromatic N) is 4. The lowest BCUT2D eigenvalue weighted by molar-refractivity contribution is 0.609. The highest BCUT2D eigenvalue weighted by Crippen LogP contribution is 2.65. The topological polar surface area (TPSA) is 72.9 Å². The lowest BCUT2D eigenvalue weighted by atomic mass is 10.0. The molecule has 3 aromatic heterocycles. The van der Waals surface area contributed by atoms with Gasteiger partial charge >= 0.3 is 0 Å². The molecule has 8 heteroatoms. The first kappa shape index (κ1) is 22.9. The van der Waals surface area contributed by atoms with Crippen LogP contribution in [-0.2, 0) is 14.1 Å².